The minimum atomic E-state index is -0.692. The van der Waals surface area contributed by atoms with Crippen LogP contribution in [0.4, 0.5) is 0 Å². The number of likely N-dealkylation sites (N-methyl/N-ethyl adjacent to an activating group) is 1. The lowest BCUT2D eigenvalue weighted by Gasteiger charge is -2.17. The Bertz CT molecular complexity index is 640. The molecule has 0 bridgehead atoms. The van der Waals surface area contributed by atoms with Crippen LogP contribution < -0.4 is 10.6 Å². The number of carbonyl (C=O) groups is 2. The van der Waals surface area contributed by atoms with E-state index in [1.807, 2.05) is 42.6 Å². The number of aryl methyl sites for hydroxylation is 1. The van der Waals surface area contributed by atoms with E-state index in [0.29, 0.717) is 0 Å². The largest absolute Gasteiger partial charge is 0.357 e. The van der Waals surface area contributed by atoms with Crippen LogP contribution in [0.3, 0.4) is 0 Å². The number of hydrogen-bond donors (Lipinski definition) is 2. The maximum atomic E-state index is 12.2. The Kier molecular flexibility index (Phi) is 5.66. The molecule has 2 N–H and O–H groups in total. The van der Waals surface area contributed by atoms with Crippen LogP contribution in [0.1, 0.15) is 29.2 Å². The first-order chi connectivity index (χ1) is 10.6. The lowest BCUT2D eigenvalue weighted by Crippen LogP contribution is -2.39. The lowest BCUT2D eigenvalue weighted by atomic mass is 10.1. The van der Waals surface area contributed by atoms with Crippen molar-refractivity contribution in [2.24, 2.45) is 0 Å². The van der Waals surface area contributed by atoms with Gasteiger partial charge >= 0.3 is 0 Å². The van der Waals surface area contributed by atoms with Crippen molar-refractivity contribution in [1.29, 1.82) is 0 Å². The summed E-state index contributed by atoms with van der Waals surface area (Å²) in [6.07, 6.45) is 1.04. The molecule has 1 heterocycles. The molecule has 1 aromatic heterocycles. The van der Waals surface area contributed by atoms with Crippen LogP contribution in [-0.2, 0) is 22.4 Å². The van der Waals surface area contributed by atoms with Crippen LogP contribution in [0, 0.1) is 0 Å². The molecule has 116 valence electrons. The van der Waals surface area contributed by atoms with Crippen molar-refractivity contribution in [3.8, 4) is 0 Å². The molecule has 0 saturated heterocycles. The Morgan fingerprint density at radius 3 is 2.59 bits per heavy atom. The van der Waals surface area contributed by atoms with E-state index in [1.165, 1.54) is 0 Å². The SMILES string of the molecule is CCc1nc(CC(=O)NC(C(=O)NC)c2ccccc2)cs1. The van der Waals surface area contributed by atoms with Crippen LogP contribution in [0.25, 0.3) is 0 Å². The molecule has 2 rings (SSSR count). The van der Waals surface area contributed by atoms with Gasteiger partial charge < -0.3 is 10.6 Å². The van der Waals surface area contributed by atoms with Crippen LogP contribution in [0.2, 0.25) is 0 Å². The number of thiazole rings is 1. The summed E-state index contributed by atoms with van der Waals surface area (Å²) in [6.45, 7) is 2.03. The van der Waals surface area contributed by atoms with Crippen molar-refractivity contribution >= 4 is 23.2 Å². The molecule has 0 saturated carbocycles. The number of nitrogens with one attached hydrogen (secondary N) is 2. The second-order valence-corrected chi connectivity index (χ2v) is 5.73. The maximum absolute atomic E-state index is 12.2. The third-order valence-corrected chi connectivity index (χ3v) is 4.23. The monoisotopic (exact) mass is 317 g/mol. The third-order valence-electron chi connectivity index (χ3n) is 3.19. The summed E-state index contributed by atoms with van der Waals surface area (Å²) in [5, 5.41) is 8.25. The molecule has 0 aliphatic heterocycles. The standard InChI is InChI=1S/C16H19N3O2S/c1-3-14-18-12(10-22-14)9-13(20)19-15(16(21)17-2)11-7-5-4-6-8-11/h4-8,10,15H,3,9H2,1-2H3,(H,17,21)(H,19,20). The average molecular weight is 317 g/mol. The second-order valence-electron chi connectivity index (χ2n) is 4.79. The Hall–Kier alpha value is -2.21. The summed E-state index contributed by atoms with van der Waals surface area (Å²) in [5.41, 5.74) is 1.49. The lowest BCUT2D eigenvalue weighted by molar-refractivity contribution is -0.128. The third kappa shape index (κ3) is 4.14. The van der Waals surface area contributed by atoms with Gasteiger partial charge in [-0.2, -0.15) is 0 Å². The van der Waals surface area contributed by atoms with E-state index in [9.17, 15) is 9.59 Å². The van der Waals surface area contributed by atoms with Gasteiger partial charge in [0.1, 0.15) is 6.04 Å². The number of benzene rings is 1. The molecular weight excluding hydrogens is 298 g/mol. The maximum Gasteiger partial charge on any atom is 0.246 e. The Morgan fingerprint density at radius 1 is 1.27 bits per heavy atom. The van der Waals surface area contributed by atoms with Crippen LogP contribution in [0.15, 0.2) is 35.7 Å². The normalized spacial score (nSPS) is 11.7. The summed E-state index contributed by atoms with van der Waals surface area (Å²) in [6, 6.07) is 8.49. The van der Waals surface area contributed by atoms with Gasteiger partial charge in [0.2, 0.25) is 11.8 Å². The average Bonchev–Trinajstić information content (AvgIpc) is 3.00. The highest BCUT2D eigenvalue weighted by molar-refractivity contribution is 7.09. The number of rotatable bonds is 6. The molecule has 0 fully saturated rings. The predicted octanol–water partition coefficient (Wildman–Crippen LogP) is 1.85. The molecule has 5 nitrogen and oxygen atoms in total. The topological polar surface area (TPSA) is 71.1 Å². The second kappa shape index (κ2) is 7.70. The summed E-state index contributed by atoms with van der Waals surface area (Å²) in [4.78, 5) is 28.6. The zero-order chi connectivity index (χ0) is 15.9. The van der Waals surface area contributed by atoms with Gasteiger partial charge in [0.15, 0.2) is 0 Å². The first-order valence-corrected chi connectivity index (χ1v) is 8.01. The van der Waals surface area contributed by atoms with Crippen molar-refractivity contribution in [2.45, 2.75) is 25.8 Å². The van der Waals surface area contributed by atoms with Crippen molar-refractivity contribution in [1.82, 2.24) is 15.6 Å². The quantitative estimate of drug-likeness (QED) is 0.854. The molecule has 0 aliphatic rings. The zero-order valence-electron chi connectivity index (χ0n) is 12.6. The van der Waals surface area contributed by atoms with E-state index in [-0.39, 0.29) is 18.2 Å². The fraction of sp³-hybridized carbons (Fsp3) is 0.312. The number of carbonyl (C=O) groups excluding carboxylic acids is 2. The smallest absolute Gasteiger partial charge is 0.246 e. The van der Waals surface area contributed by atoms with Gasteiger partial charge in [-0.05, 0) is 12.0 Å². The van der Waals surface area contributed by atoms with Crippen molar-refractivity contribution < 1.29 is 9.59 Å². The summed E-state index contributed by atoms with van der Waals surface area (Å²) in [7, 11) is 1.55. The van der Waals surface area contributed by atoms with Crippen LogP contribution in [-0.4, -0.2) is 23.8 Å². The minimum absolute atomic E-state index is 0.177. The Balaban J connectivity index is 2.06. The highest BCUT2D eigenvalue weighted by atomic mass is 32.1. The Labute approximate surface area is 133 Å². The van der Waals surface area contributed by atoms with Crippen molar-refractivity contribution in [3.63, 3.8) is 0 Å². The molecule has 2 aromatic rings. The summed E-state index contributed by atoms with van der Waals surface area (Å²) >= 11 is 1.55. The van der Waals surface area contributed by atoms with E-state index >= 15 is 0 Å². The van der Waals surface area contributed by atoms with E-state index < -0.39 is 6.04 Å². The highest BCUT2D eigenvalue weighted by Gasteiger charge is 2.21. The van der Waals surface area contributed by atoms with E-state index in [4.69, 9.17) is 0 Å². The van der Waals surface area contributed by atoms with E-state index in [2.05, 4.69) is 15.6 Å². The first-order valence-electron chi connectivity index (χ1n) is 7.13. The van der Waals surface area contributed by atoms with Gasteiger partial charge in [0.25, 0.3) is 0 Å². The highest BCUT2D eigenvalue weighted by Crippen LogP contribution is 2.14. The predicted molar refractivity (Wildman–Crippen MR) is 86.6 cm³/mol. The number of hydrogen-bond acceptors (Lipinski definition) is 4. The molecule has 1 unspecified atom stereocenters. The number of amides is 2. The van der Waals surface area contributed by atoms with Gasteiger partial charge in [-0.3, -0.25) is 9.59 Å². The van der Waals surface area contributed by atoms with Crippen molar-refractivity contribution in [2.75, 3.05) is 7.05 Å². The van der Waals surface area contributed by atoms with Gasteiger partial charge in [-0.15, -0.1) is 11.3 Å². The molecule has 1 atom stereocenters. The molecular formula is C16H19N3O2S. The molecule has 1 aromatic carbocycles. The fourth-order valence-corrected chi connectivity index (χ4v) is 2.80. The van der Waals surface area contributed by atoms with E-state index in [0.717, 1.165) is 22.7 Å². The van der Waals surface area contributed by atoms with Gasteiger partial charge in [-0.1, -0.05) is 37.3 Å². The fourth-order valence-electron chi connectivity index (χ4n) is 2.06. The van der Waals surface area contributed by atoms with Crippen molar-refractivity contribution in [3.05, 3.63) is 52.0 Å². The van der Waals surface area contributed by atoms with Crippen LogP contribution >= 0.6 is 11.3 Å². The van der Waals surface area contributed by atoms with Gasteiger partial charge in [0.05, 0.1) is 17.1 Å². The molecule has 0 radical (unpaired) electrons. The number of nitrogens with zero attached hydrogens (tertiary/aromatic N) is 1. The summed E-state index contributed by atoms with van der Waals surface area (Å²) < 4.78 is 0. The molecule has 2 amide bonds. The molecule has 22 heavy (non-hydrogen) atoms. The molecule has 0 aliphatic carbocycles. The van der Waals surface area contributed by atoms with E-state index in [1.54, 1.807) is 18.4 Å². The van der Waals surface area contributed by atoms with Gasteiger partial charge in [0, 0.05) is 12.4 Å². The minimum Gasteiger partial charge on any atom is -0.357 e. The number of aromatic nitrogens is 1. The van der Waals surface area contributed by atoms with Gasteiger partial charge in [-0.25, -0.2) is 4.98 Å². The zero-order valence-corrected chi connectivity index (χ0v) is 13.4. The first kappa shape index (κ1) is 16.2. The summed E-state index contributed by atoms with van der Waals surface area (Å²) in [5.74, 6) is -0.461. The molecule has 0 spiro atoms. The Morgan fingerprint density at radius 2 is 2.00 bits per heavy atom. The molecule has 6 heteroatoms. The van der Waals surface area contributed by atoms with Crippen LogP contribution in [0.5, 0.6) is 0 Å².